The number of benzene rings is 1. The zero-order valence-corrected chi connectivity index (χ0v) is 23.9. The predicted molar refractivity (Wildman–Crippen MR) is 158 cm³/mol. The summed E-state index contributed by atoms with van der Waals surface area (Å²) in [5.74, 6) is -0.763. The summed E-state index contributed by atoms with van der Waals surface area (Å²) in [6.07, 6.45) is 5.99. The molecular weight excluding hydrogens is 545 g/mol. The lowest BCUT2D eigenvalue weighted by atomic mass is 10.1. The van der Waals surface area contributed by atoms with Gasteiger partial charge < -0.3 is 20.5 Å². The standard InChI is InChI=1S/C30H30FN5O4S/c1-18-26(29(38)36(20-8-6-5-7-9-20)35(18)17-30(2,3)39)28(37)34-19-10-12-21(31)23(13-11-19)40-24-14-15-33-22-16-25(32-4)41-27(22)24/h5-9,11-16,32,39H,10,17H2,1-4H3,(H,34,37). The maximum Gasteiger partial charge on any atom is 0.284 e. The summed E-state index contributed by atoms with van der Waals surface area (Å²) in [6, 6.07) is 12.5. The van der Waals surface area contributed by atoms with E-state index in [4.69, 9.17) is 4.74 Å². The van der Waals surface area contributed by atoms with Gasteiger partial charge in [0.15, 0.2) is 11.6 Å². The number of nitrogens with one attached hydrogen (secondary N) is 2. The molecule has 0 spiro atoms. The number of hydrogen-bond donors (Lipinski definition) is 3. The fraction of sp³-hybridized carbons (Fsp3) is 0.233. The quantitative estimate of drug-likeness (QED) is 0.266. The number of ether oxygens (including phenoxy) is 1. The molecule has 1 aliphatic carbocycles. The summed E-state index contributed by atoms with van der Waals surface area (Å²) in [7, 11) is 1.81. The van der Waals surface area contributed by atoms with E-state index in [2.05, 4.69) is 15.6 Å². The third-order valence-electron chi connectivity index (χ3n) is 6.45. The Morgan fingerprint density at radius 3 is 2.68 bits per heavy atom. The van der Waals surface area contributed by atoms with Crippen LogP contribution in [-0.4, -0.2) is 38.0 Å². The highest BCUT2D eigenvalue weighted by atomic mass is 32.1. The van der Waals surface area contributed by atoms with Gasteiger partial charge in [-0.2, -0.15) is 0 Å². The van der Waals surface area contributed by atoms with Crippen LogP contribution in [-0.2, 0) is 6.54 Å². The van der Waals surface area contributed by atoms with Crippen molar-refractivity contribution in [2.75, 3.05) is 12.4 Å². The van der Waals surface area contributed by atoms with Crippen LogP contribution in [0.1, 0.15) is 36.3 Å². The van der Waals surface area contributed by atoms with Crippen LogP contribution in [0.4, 0.5) is 9.39 Å². The summed E-state index contributed by atoms with van der Waals surface area (Å²) in [4.78, 5) is 31.3. The number of carbonyl (C=O) groups excluding carboxylic acids is 1. The Hall–Kier alpha value is -4.48. The Bertz CT molecular complexity index is 1770. The number of rotatable bonds is 8. The third kappa shape index (κ3) is 5.86. The predicted octanol–water partition coefficient (Wildman–Crippen LogP) is 5.20. The Labute approximate surface area is 239 Å². The van der Waals surface area contributed by atoms with Crippen LogP contribution in [0.5, 0.6) is 5.75 Å². The summed E-state index contributed by atoms with van der Waals surface area (Å²) < 4.78 is 24.7. The van der Waals surface area contributed by atoms with E-state index >= 15 is 4.39 Å². The van der Waals surface area contributed by atoms with E-state index in [9.17, 15) is 14.7 Å². The van der Waals surface area contributed by atoms with E-state index in [1.165, 1.54) is 28.2 Å². The number of thiophene rings is 1. The van der Waals surface area contributed by atoms with Gasteiger partial charge in [0.05, 0.1) is 38.7 Å². The normalized spacial score (nSPS) is 13.8. The van der Waals surface area contributed by atoms with E-state index in [1.54, 1.807) is 68.1 Å². The molecule has 0 aliphatic heterocycles. The molecule has 0 bridgehead atoms. The molecule has 1 aliphatic rings. The average Bonchev–Trinajstić information content (AvgIpc) is 3.41. The van der Waals surface area contributed by atoms with Gasteiger partial charge in [0.2, 0.25) is 0 Å². The molecule has 9 nitrogen and oxygen atoms in total. The second kappa shape index (κ2) is 11.2. The van der Waals surface area contributed by atoms with E-state index in [0.717, 1.165) is 15.2 Å². The molecule has 3 aromatic heterocycles. The maximum absolute atomic E-state index is 15.0. The Kier molecular flexibility index (Phi) is 7.65. The molecule has 3 N–H and O–H groups in total. The van der Waals surface area contributed by atoms with Gasteiger partial charge in [0.25, 0.3) is 11.5 Å². The molecule has 0 unspecified atom stereocenters. The number of carbonyl (C=O) groups is 1. The number of allylic oxidation sites excluding steroid dienone is 4. The number of nitrogens with zero attached hydrogens (tertiary/aromatic N) is 3. The van der Waals surface area contributed by atoms with Crippen molar-refractivity contribution < 1.29 is 19.0 Å². The monoisotopic (exact) mass is 575 g/mol. The molecule has 1 amide bonds. The molecule has 5 rings (SSSR count). The van der Waals surface area contributed by atoms with Crippen LogP contribution in [0.15, 0.2) is 89.0 Å². The topological polar surface area (TPSA) is 110 Å². The number of aliphatic hydroxyl groups is 1. The van der Waals surface area contributed by atoms with Gasteiger partial charge in [-0.3, -0.25) is 19.3 Å². The van der Waals surface area contributed by atoms with Crippen molar-refractivity contribution >= 4 is 32.5 Å². The van der Waals surface area contributed by atoms with Crippen molar-refractivity contribution in [3.8, 4) is 11.4 Å². The highest BCUT2D eigenvalue weighted by Gasteiger charge is 2.27. The number of pyridine rings is 1. The second-order valence-corrected chi connectivity index (χ2v) is 11.3. The van der Waals surface area contributed by atoms with Crippen LogP contribution in [0, 0.1) is 6.92 Å². The first-order valence-electron chi connectivity index (χ1n) is 13.0. The second-order valence-electron chi connectivity index (χ2n) is 10.2. The first-order valence-corrected chi connectivity index (χ1v) is 13.8. The zero-order valence-electron chi connectivity index (χ0n) is 23.1. The average molecular weight is 576 g/mol. The first-order chi connectivity index (χ1) is 19.6. The van der Waals surface area contributed by atoms with Crippen LogP contribution in [0.3, 0.4) is 0 Å². The zero-order chi connectivity index (χ0) is 29.3. The van der Waals surface area contributed by atoms with Crippen molar-refractivity contribution in [3.63, 3.8) is 0 Å². The minimum atomic E-state index is -1.15. The summed E-state index contributed by atoms with van der Waals surface area (Å²) in [5.41, 5.74) is 0.337. The van der Waals surface area contributed by atoms with Gasteiger partial charge in [-0.05, 0) is 57.2 Å². The molecule has 4 aromatic rings. The number of fused-ring (bicyclic) bond motifs is 1. The summed E-state index contributed by atoms with van der Waals surface area (Å²) in [6.45, 7) is 5.00. The molecule has 1 aromatic carbocycles. The van der Waals surface area contributed by atoms with E-state index in [-0.39, 0.29) is 24.3 Å². The minimum Gasteiger partial charge on any atom is -0.453 e. The highest BCUT2D eigenvalue weighted by Crippen LogP contribution is 2.36. The minimum absolute atomic E-state index is 0.0138. The Morgan fingerprint density at radius 2 is 1.98 bits per heavy atom. The number of amides is 1. The fourth-order valence-corrected chi connectivity index (χ4v) is 5.46. The third-order valence-corrected chi connectivity index (χ3v) is 7.61. The number of halogens is 1. The van der Waals surface area contributed by atoms with Gasteiger partial charge in [-0.25, -0.2) is 9.07 Å². The lowest BCUT2D eigenvalue weighted by molar-refractivity contribution is 0.0545. The van der Waals surface area contributed by atoms with Gasteiger partial charge in [-0.15, -0.1) is 11.3 Å². The molecule has 11 heteroatoms. The SMILES string of the molecule is CNc1cc2nccc(OC3=CC=C(NC(=O)c4c(C)n(CC(C)(C)O)n(-c5ccccc5)c4=O)CC=C3F)c2s1. The Balaban J connectivity index is 1.44. The lowest BCUT2D eigenvalue weighted by Crippen LogP contribution is -2.32. The maximum atomic E-state index is 15.0. The Morgan fingerprint density at radius 1 is 1.22 bits per heavy atom. The molecule has 0 atom stereocenters. The van der Waals surface area contributed by atoms with Crippen molar-refractivity contribution in [3.05, 3.63) is 106 Å². The molecular formula is C30H30FN5O4S. The highest BCUT2D eigenvalue weighted by molar-refractivity contribution is 7.23. The fourth-order valence-electron chi connectivity index (χ4n) is 4.54. The van der Waals surface area contributed by atoms with Crippen molar-refractivity contribution in [2.24, 2.45) is 0 Å². The van der Waals surface area contributed by atoms with E-state index < -0.39 is 22.9 Å². The molecule has 0 fully saturated rings. The van der Waals surface area contributed by atoms with E-state index in [0.29, 0.717) is 22.8 Å². The number of anilines is 1. The molecule has 0 saturated heterocycles. The van der Waals surface area contributed by atoms with Crippen LogP contribution >= 0.6 is 11.3 Å². The number of para-hydroxylation sites is 1. The molecule has 41 heavy (non-hydrogen) atoms. The lowest BCUT2D eigenvalue weighted by Gasteiger charge is -2.22. The first kappa shape index (κ1) is 28.1. The smallest absolute Gasteiger partial charge is 0.284 e. The number of aromatic nitrogens is 3. The summed E-state index contributed by atoms with van der Waals surface area (Å²) >= 11 is 1.44. The van der Waals surface area contributed by atoms with Crippen LogP contribution < -0.4 is 20.9 Å². The van der Waals surface area contributed by atoms with Gasteiger partial charge in [-0.1, -0.05) is 18.2 Å². The van der Waals surface area contributed by atoms with Gasteiger partial charge in [0.1, 0.15) is 11.3 Å². The van der Waals surface area contributed by atoms with Crippen molar-refractivity contribution in [1.82, 2.24) is 19.7 Å². The largest absolute Gasteiger partial charge is 0.453 e. The number of hydrogen-bond acceptors (Lipinski definition) is 7. The van der Waals surface area contributed by atoms with Crippen molar-refractivity contribution in [1.29, 1.82) is 0 Å². The summed E-state index contributed by atoms with van der Waals surface area (Å²) in [5, 5.41) is 17.2. The molecule has 0 saturated carbocycles. The molecule has 3 heterocycles. The van der Waals surface area contributed by atoms with Gasteiger partial charge >= 0.3 is 0 Å². The molecule has 0 radical (unpaired) electrons. The van der Waals surface area contributed by atoms with Crippen molar-refractivity contribution in [2.45, 2.75) is 39.3 Å². The van der Waals surface area contributed by atoms with E-state index in [1.807, 2.05) is 19.2 Å². The van der Waals surface area contributed by atoms with Crippen LogP contribution in [0.2, 0.25) is 0 Å². The van der Waals surface area contributed by atoms with Crippen LogP contribution in [0.25, 0.3) is 15.9 Å². The molecule has 212 valence electrons. The van der Waals surface area contributed by atoms with Gasteiger partial charge in [0, 0.05) is 31.4 Å².